The van der Waals surface area contributed by atoms with E-state index in [1.165, 1.54) is 0 Å². The molecule has 26 heavy (non-hydrogen) atoms. The van der Waals surface area contributed by atoms with Crippen LogP contribution in [0.15, 0.2) is 35.6 Å². The van der Waals surface area contributed by atoms with Crippen LogP contribution in [0, 0.1) is 6.92 Å². The van der Waals surface area contributed by atoms with Crippen molar-refractivity contribution in [2.75, 3.05) is 51.6 Å². The predicted molar refractivity (Wildman–Crippen MR) is 105 cm³/mol. The third-order valence-corrected chi connectivity index (χ3v) is 4.63. The summed E-state index contributed by atoms with van der Waals surface area (Å²) >= 11 is 0. The van der Waals surface area contributed by atoms with Crippen LogP contribution in [0.1, 0.15) is 18.2 Å². The molecule has 1 aromatic heterocycles. The highest BCUT2D eigenvalue weighted by Crippen LogP contribution is 2.12. The Labute approximate surface area is 155 Å². The number of likely N-dealkylation sites (N-methyl/N-ethyl adjacent to an activating group) is 1. The van der Waals surface area contributed by atoms with Crippen molar-refractivity contribution in [3.05, 3.63) is 41.7 Å². The molecular weight excluding hydrogens is 328 g/mol. The summed E-state index contributed by atoms with van der Waals surface area (Å²) in [4.78, 5) is 9.06. The number of aromatic nitrogens is 2. The third kappa shape index (κ3) is 5.06. The van der Waals surface area contributed by atoms with Gasteiger partial charge in [0.1, 0.15) is 12.4 Å². The van der Waals surface area contributed by atoms with E-state index in [1.54, 1.807) is 17.1 Å². The van der Waals surface area contributed by atoms with Gasteiger partial charge in [-0.15, -0.1) is 0 Å². The lowest BCUT2D eigenvalue weighted by molar-refractivity contribution is 0.121. The number of hydrogen-bond donors (Lipinski definition) is 1. The van der Waals surface area contributed by atoms with E-state index in [0.29, 0.717) is 12.6 Å². The van der Waals surface area contributed by atoms with Crippen LogP contribution in [0.5, 0.6) is 5.75 Å². The van der Waals surface area contributed by atoms with Gasteiger partial charge in [-0.05, 0) is 43.3 Å². The zero-order valence-electron chi connectivity index (χ0n) is 15.6. The second-order valence-electron chi connectivity index (χ2n) is 6.52. The van der Waals surface area contributed by atoms with Crippen molar-refractivity contribution in [3.63, 3.8) is 0 Å². The van der Waals surface area contributed by atoms with Crippen LogP contribution in [-0.2, 0) is 0 Å². The Hall–Kier alpha value is -2.38. The molecule has 1 saturated heterocycles. The van der Waals surface area contributed by atoms with E-state index in [1.807, 2.05) is 31.2 Å². The van der Waals surface area contributed by atoms with Crippen molar-refractivity contribution in [1.82, 2.24) is 19.5 Å². The van der Waals surface area contributed by atoms with Gasteiger partial charge in [0.05, 0.1) is 18.1 Å². The molecule has 0 spiro atoms. The van der Waals surface area contributed by atoms with Crippen molar-refractivity contribution < 1.29 is 4.74 Å². The number of piperazine rings is 1. The molecule has 1 aromatic carbocycles. The number of ether oxygens (including phenoxy) is 1. The minimum absolute atomic E-state index is 0.387. The zero-order chi connectivity index (χ0) is 18.4. The van der Waals surface area contributed by atoms with Gasteiger partial charge in [-0.3, -0.25) is 4.90 Å². The van der Waals surface area contributed by atoms with E-state index in [0.717, 1.165) is 56.3 Å². The van der Waals surface area contributed by atoms with E-state index in [4.69, 9.17) is 10.5 Å². The monoisotopic (exact) mass is 356 g/mol. The summed E-state index contributed by atoms with van der Waals surface area (Å²) in [6.45, 7) is 11.5. The lowest BCUT2D eigenvalue weighted by Gasteiger charge is -2.33. The molecule has 7 heteroatoms. The van der Waals surface area contributed by atoms with Crippen molar-refractivity contribution in [3.8, 4) is 5.75 Å². The molecule has 0 amide bonds. The van der Waals surface area contributed by atoms with E-state index >= 15 is 0 Å². The minimum Gasteiger partial charge on any atom is -0.492 e. The summed E-state index contributed by atoms with van der Waals surface area (Å²) < 4.78 is 7.43. The number of nitrogens with two attached hydrogens (primary N) is 1. The van der Waals surface area contributed by atoms with Crippen molar-refractivity contribution in [1.29, 1.82) is 0 Å². The van der Waals surface area contributed by atoms with E-state index in [-0.39, 0.29) is 0 Å². The highest BCUT2D eigenvalue weighted by Gasteiger charge is 2.14. The van der Waals surface area contributed by atoms with Gasteiger partial charge in [0.15, 0.2) is 0 Å². The summed E-state index contributed by atoms with van der Waals surface area (Å²) in [6.07, 6.45) is 3.55. The van der Waals surface area contributed by atoms with Crippen molar-refractivity contribution >= 4 is 12.2 Å². The second kappa shape index (κ2) is 8.82. The molecule has 1 aliphatic rings. The summed E-state index contributed by atoms with van der Waals surface area (Å²) in [5.74, 6) is 1.27. The van der Waals surface area contributed by atoms with Crippen LogP contribution >= 0.6 is 0 Å². The molecule has 0 saturated carbocycles. The summed E-state index contributed by atoms with van der Waals surface area (Å²) in [6, 6.07) is 7.91. The van der Waals surface area contributed by atoms with E-state index in [9.17, 15) is 0 Å². The first-order valence-corrected chi connectivity index (χ1v) is 9.17. The van der Waals surface area contributed by atoms with Crippen LogP contribution in [0.4, 0.5) is 5.95 Å². The Bertz CT molecular complexity index is 716. The fourth-order valence-electron chi connectivity index (χ4n) is 3.00. The molecule has 140 valence electrons. The molecule has 2 N–H and O–H groups in total. The fourth-order valence-corrected chi connectivity index (χ4v) is 3.00. The SMILES string of the molecule is CCN1CCN(CCOc2ccc(C=Nn3cc(C)nc3N)cc2)CC1. The van der Waals surface area contributed by atoms with Crippen LogP contribution < -0.4 is 10.5 Å². The number of anilines is 1. The van der Waals surface area contributed by atoms with Gasteiger partial charge in [-0.25, -0.2) is 9.66 Å². The minimum atomic E-state index is 0.387. The molecular formula is C19H28N6O. The van der Waals surface area contributed by atoms with Gasteiger partial charge in [0.2, 0.25) is 5.95 Å². The van der Waals surface area contributed by atoms with E-state index in [2.05, 4.69) is 26.8 Å². The first-order chi connectivity index (χ1) is 12.6. The average Bonchev–Trinajstić information content (AvgIpc) is 2.99. The summed E-state index contributed by atoms with van der Waals surface area (Å²) in [7, 11) is 0. The Morgan fingerprint density at radius 1 is 1.15 bits per heavy atom. The van der Waals surface area contributed by atoms with Crippen LogP contribution in [-0.4, -0.2) is 71.5 Å². The van der Waals surface area contributed by atoms with Crippen molar-refractivity contribution in [2.24, 2.45) is 5.10 Å². The number of nitrogens with zero attached hydrogens (tertiary/aromatic N) is 5. The topological polar surface area (TPSA) is 71.9 Å². The first-order valence-electron chi connectivity index (χ1n) is 9.17. The number of hydrogen-bond acceptors (Lipinski definition) is 6. The Balaban J connectivity index is 1.44. The van der Waals surface area contributed by atoms with Gasteiger partial charge in [-0.1, -0.05) is 6.92 Å². The number of rotatable bonds is 7. The Kier molecular flexibility index (Phi) is 6.25. The van der Waals surface area contributed by atoms with Crippen LogP contribution in [0.2, 0.25) is 0 Å². The maximum atomic E-state index is 5.87. The molecule has 0 aliphatic carbocycles. The molecule has 0 radical (unpaired) electrons. The number of benzene rings is 1. The third-order valence-electron chi connectivity index (χ3n) is 4.63. The number of imidazole rings is 1. The maximum absolute atomic E-state index is 5.87. The molecule has 2 heterocycles. The van der Waals surface area contributed by atoms with Crippen LogP contribution in [0.25, 0.3) is 0 Å². The molecule has 2 aromatic rings. The van der Waals surface area contributed by atoms with Gasteiger partial charge in [0.25, 0.3) is 0 Å². The average molecular weight is 356 g/mol. The Morgan fingerprint density at radius 2 is 1.85 bits per heavy atom. The molecule has 0 atom stereocenters. The highest BCUT2D eigenvalue weighted by atomic mass is 16.5. The summed E-state index contributed by atoms with van der Waals surface area (Å²) in [5, 5.41) is 4.32. The van der Waals surface area contributed by atoms with Gasteiger partial charge in [0, 0.05) is 32.7 Å². The maximum Gasteiger partial charge on any atom is 0.221 e. The predicted octanol–water partition coefficient (Wildman–Crippen LogP) is 1.67. The quantitative estimate of drug-likeness (QED) is 0.764. The first kappa shape index (κ1) is 18.4. The molecule has 0 unspecified atom stereocenters. The lowest BCUT2D eigenvalue weighted by atomic mass is 10.2. The highest BCUT2D eigenvalue weighted by molar-refractivity contribution is 5.79. The number of nitrogen functional groups attached to an aromatic ring is 1. The van der Waals surface area contributed by atoms with Gasteiger partial charge in [-0.2, -0.15) is 5.10 Å². The van der Waals surface area contributed by atoms with E-state index < -0.39 is 0 Å². The molecule has 0 bridgehead atoms. The largest absolute Gasteiger partial charge is 0.492 e. The molecule has 3 rings (SSSR count). The second-order valence-corrected chi connectivity index (χ2v) is 6.52. The summed E-state index contributed by atoms with van der Waals surface area (Å²) in [5.41, 5.74) is 7.60. The number of aryl methyl sites for hydroxylation is 1. The van der Waals surface area contributed by atoms with Gasteiger partial charge < -0.3 is 15.4 Å². The van der Waals surface area contributed by atoms with Crippen LogP contribution in [0.3, 0.4) is 0 Å². The smallest absolute Gasteiger partial charge is 0.221 e. The molecule has 1 aliphatic heterocycles. The molecule has 1 fully saturated rings. The standard InChI is InChI=1S/C19H28N6O/c1-3-23-8-10-24(11-9-23)12-13-26-18-6-4-17(5-7-18)14-21-25-15-16(2)22-19(25)20/h4-7,14-15H,3,8-13H2,1-2H3,(H2,20,22). The molecule has 7 nitrogen and oxygen atoms in total. The Morgan fingerprint density at radius 3 is 2.46 bits per heavy atom. The van der Waals surface area contributed by atoms with Crippen molar-refractivity contribution in [2.45, 2.75) is 13.8 Å². The fraction of sp³-hybridized carbons (Fsp3) is 0.474. The lowest BCUT2D eigenvalue weighted by Crippen LogP contribution is -2.47. The zero-order valence-corrected chi connectivity index (χ0v) is 15.6. The normalized spacial score (nSPS) is 16.4. The van der Waals surface area contributed by atoms with Gasteiger partial charge >= 0.3 is 0 Å².